The van der Waals surface area contributed by atoms with Crippen molar-refractivity contribution in [3.05, 3.63) is 108 Å². The average molecular weight is 661 g/mol. The second kappa shape index (κ2) is 14.8. The fourth-order valence-electron chi connectivity index (χ4n) is 7.70. The van der Waals surface area contributed by atoms with E-state index in [2.05, 4.69) is 75.4 Å². The summed E-state index contributed by atoms with van der Waals surface area (Å²) in [5.41, 5.74) is 2.11. The lowest BCUT2D eigenvalue weighted by Crippen LogP contribution is -2.67. The van der Waals surface area contributed by atoms with Crippen LogP contribution in [0, 0.1) is 17.8 Å². The first-order valence-electron chi connectivity index (χ1n) is 16.5. The average Bonchev–Trinajstić information content (AvgIpc) is 3.56. The lowest BCUT2D eigenvalue weighted by molar-refractivity contribution is -0.140. The van der Waals surface area contributed by atoms with Gasteiger partial charge < -0.3 is 9.16 Å². The van der Waals surface area contributed by atoms with E-state index in [1.165, 1.54) is 23.1 Å². The number of carbonyl (C=O) groups is 1. The third-order valence-electron chi connectivity index (χ3n) is 9.80. The molecule has 2 fully saturated rings. The van der Waals surface area contributed by atoms with E-state index in [1.807, 2.05) is 42.5 Å². The maximum Gasteiger partial charge on any atom is 0.305 e. The van der Waals surface area contributed by atoms with Crippen LogP contribution in [0.15, 0.2) is 103 Å². The summed E-state index contributed by atoms with van der Waals surface area (Å²) in [6, 6.07) is 30.4. The first-order valence-corrected chi connectivity index (χ1v) is 20.0. The predicted octanol–water partition coefficient (Wildman–Crippen LogP) is 6.79. The Kier molecular flexibility index (Phi) is 11.0. The molecule has 0 unspecified atom stereocenters. The molecule has 8 heteroatoms. The van der Waals surface area contributed by atoms with Gasteiger partial charge in [-0.1, -0.05) is 123 Å². The van der Waals surface area contributed by atoms with Gasteiger partial charge in [0.25, 0.3) is 18.4 Å². The monoisotopic (exact) mass is 660 g/mol. The van der Waals surface area contributed by atoms with Crippen molar-refractivity contribution in [2.45, 2.75) is 76.2 Å². The van der Waals surface area contributed by atoms with E-state index < -0.39 is 24.5 Å². The molecule has 0 aliphatic heterocycles. The predicted molar refractivity (Wildman–Crippen MR) is 186 cm³/mol. The van der Waals surface area contributed by atoms with Gasteiger partial charge in [-0.05, 0) is 64.9 Å². The molecule has 0 spiro atoms. The highest BCUT2D eigenvalue weighted by Gasteiger charge is 2.53. The number of fused-ring (bicyclic) bond motifs is 1. The molecule has 3 aromatic carbocycles. The van der Waals surface area contributed by atoms with Gasteiger partial charge in [0, 0.05) is 18.9 Å². The van der Waals surface area contributed by atoms with E-state index >= 15 is 0 Å². The van der Waals surface area contributed by atoms with Crippen LogP contribution in [0.4, 0.5) is 0 Å². The highest BCUT2D eigenvalue weighted by Crippen LogP contribution is 2.52. The number of hydrogen-bond donors (Lipinski definition) is 0. The van der Waals surface area contributed by atoms with Crippen LogP contribution in [-0.4, -0.2) is 42.5 Å². The van der Waals surface area contributed by atoms with Gasteiger partial charge in [0.15, 0.2) is 0 Å². The summed E-state index contributed by atoms with van der Waals surface area (Å²) in [4.78, 5) is 11.6. The van der Waals surface area contributed by atoms with Crippen molar-refractivity contribution >= 4 is 34.8 Å². The van der Waals surface area contributed by atoms with Gasteiger partial charge in [-0.25, -0.2) is 0 Å². The SMILES string of the molecule is COC(=O)CCC/C=C1/C[C@H]2C[C@@H](OS(=O)(=O)Cc3ccccc3)[C@H](CO[Si](c3ccccc3)(c3ccccc3)C(C)(C)C)[C@H]2C1. The summed E-state index contributed by atoms with van der Waals surface area (Å²) in [6.45, 7) is 7.22. The molecule has 0 bridgehead atoms. The first kappa shape index (κ1) is 34.3. The van der Waals surface area contributed by atoms with Crippen molar-refractivity contribution in [3.8, 4) is 0 Å². The Labute approximate surface area is 276 Å². The number of allylic oxidation sites excluding steroid dienone is 2. The maximum atomic E-state index is 13.4. The fourth-order valence-corrected chi connectivity index (χ4v) is 13.6. The van der Waals surface area contributed by atoms with Crippen LogP contribution in [0.5, 0.6) is 0 Å². The standard InChI is InChI=1S/C38H48O6SSi/c1-38(2,3)46(32-19-10-6-11-20-32,33-21-12-7-13-22-33)43-27-35-34-25-30(18-14-15-23-37(39)42-4)24-31(34)26-36(35)44-45(40,41)28-29-16-8-5-9-17-29/h5-13,16-22,31,34-36H,14-15,23-28H2,1-4H3/b30-18-/t31-,34-,35+,36+/m0/s1. The summed E-state index contributed by atoms with van der Waals surface area (Å²) in [7, 11) is -5.22. The molecule has 0 saturated heterocycles. The number of esters is 1. The number of rotatable bonds is 13. The molecule has 6 nitrogen and oxygen atoms in total. The number of hydrogen-bond acceptors (Lipinski definition) is 6. The van der Waals surface area contributed by atoms with Crippen molar-refractivity contribution in [1.29, 1.82) is 0 Å². The minimum atomic E-state index is -3.81. The van der Waals surface area contributed by atoms with E-state index in [1.54, 1.807) is 0 Å². The smallest absolute Gasteiger partial charge is 0.305 e. The summed E-state index contributed by atoms with van der Waals surface area (Å²) < 4.78 is 45.2. The number of benzene rings is 3. The molecule has 0 heterocycles. The third-order valence-corrected chi connectivity index (χ3v) is 16.0. The van der Waals surface area contributed by atoms with Gasteiger partial charge in [-0.3, -0.25) is 8.98 Å². The second-order valence-corrected chi connectivity index (χ2v) is 19.8. The molecule has 2 aliphatic rings. The van der Waals surface area contributed by atoms with Gasteiger partial charge in [0.1, 0.15) is 5.75 Å². The van der Waals surface area contributed by atoms with E-state index in [9.17, 15) is 13.2 Å². The summed E-state index contributed by atoms with van der Waals surface area (Å²) in [5.74, 6) is 0.198. The molecular formula is C38H48O6SSi. The van der Waals surface area contributed by atoms with Crippen molar-refractivity contribution in [2.75, 3.05) is 13.7 Å². The van der Waals surface area contributed by atoms with Crippen LogP contribution in [0.3, 0.4) is 0 Å². The Balaban J connectivity index is 1.43. The molecule has 0 N–H and O–H groups in total. The molecule has 46 heavy (non-hydrogen) atoms. The van der Waals surface area contributed by atoms with Crippen LogP contribution >= 0.6 is 0 Å². The van der Waals surface area contributed by atoms with Gasteiger partial charge in [-0.2, -0.15) is 8.42 Å². The van der Waals surface area contributed by atoms with Crippen LogP contribution in [-0.2, 0) is 34.0 Å². The Morgan fingerprint density at radius 1 is 0.891 bits per heavy atom. The quantitative estimate of drug-likeness (QED) is 0.0661. The van der Waals surface area contributed by atoms with Gasteiger partial charge in [-0.15, -0.1) is 0 Å². The molecule has 0 aromatic heterocycles. The Morgan fingerprint density at radius 2 is 1.48 bits per heavy atom. The van der Waals surface area contributed by atoms with Gasteiger partial charge in [0.2, 0.25) is 0 Å². The fraction of sp³-hybridized carbons (Fsp3) is 0.447. The van der Waals surface area contributed by atoms with Crippen molar-refractivity contribution in [1.82, 2.24) is 0 Å². The Morgan fingerprint density at radius 3 is 2.04 bits per heavy atom. The summed E-state index contributed by atoms with van der Waals surface area (Å²) >= 11 is 0. The third kappa shape index (κ3) is 7.90. The minimum Gasteiger partial charge on any atom is -0.469 e. The zero-order valence-electron chi connectivity index (χ0n) is 27.6. The van der Waals surface area contributed by atoms with Gasteiger partial charge >= 0.3 is 5.97 Å². The van der Waals surface area contributed by atoms with E-state index in [0.29, 0.717) is 25.4 Å². The second-order valence-electron chi connectivity index (χ2n) is 13.9. The lowest BCUT2D eigenvalue weighted by atomic mass is 9.92. The van der Waals surface area contributed by atoms with E-state index in [-0.39, 0.29) is 28.6 Å². The summed E-state index contributed by atoms with van der Waals surface area (Å²) in [5, 5.41) is 2.22. The van der Waals surface area contributed by atoms with Crippen LogP contribution in [0.2, 0.25) is 5.04 Å². The number of carbonyl (C=O) groups excluding carboxylic acids is 1. The van der Waals surface area contributed by atoms with Crippen molar-refractivity contribution < 1.29 is 26.6 Å². The highest BCUT2D eigenvalue weighted by molar-refractivity contribution is 7.85. The number of methoxy groups -OCH3 is 1. The molecule has 2 aliphatic carbocycles. The zero-order valence-corrected chi connectivity index (χ0v) is 29.4. The molecular weight excluding hydrogens is 613 g/mol. The lowest BCUT2D eigenvalue weighted by Gasteiger charge is -2.44. The molecule has 2 saturated carbocycles. The van der Waals surface area contributed by atoms with Gasteiger partial charge in [0.05, 0.1) is 13.2 Å². The molecule has 5 rings (SSSR count). The zero-order chi connectivity index (χ0) is 32.8. The molecule has 0 radical (unpaired) electrons. The minimum absolute atomic E-state index is 0.0711. The van der Waals surface area contributed by atoms with E-state index in [4.69, 9.17) is 13.3 Å². The largest absolute Gasteiger partial charge is 0.469 e. The van der Waals surface area contributed by atoms with Crippen LogP contribution < -0.4 is 10.4 Å². The topological polar surface area (TPSA) is 78.9 Å². The van der Waals surface area contributed by atoms with E-state index in [0.717, 1.165) is 31.2 Å². The molecule has 246 valence electrons. The Hall–Kier alpha value is -3.04. The number of unbranched alkanes of at least 4 members (excludes halogenated alkanes) is 1. The maximum absolute atomic E-state index is 13.4. The van der Waals surface area contributed by atoms with Crippen LogP contribution in [0.1, 0.15) is 64.9 Å². The number of ether oxygens (including phenoxy) is 1. The first-order chi connectivity index (χ1) is 22.0. The van der Waals surface area contributed by atoms with Crippen LogP contribution in [0.25, 0.3) is 0 Å². The molecule has 3 aromatic rings. The van der Waals surface area contributed by atoms with Crippen molar-refractivity contribution in [2.24, 2.45) is 17.8 Å². The molecule has 4 atom stereocenters. The molecule has 0 amide bonds. The Bertz CT molecular complexity index is 1530. The normalized spacial score (nSPS) is 22.6. The summed E-state index contributed by atoms with van der Waals surface area (Å²) in [6.07, 6.45) is 6.36. The highest BCUT2D eigenvalue weighted by atomic mass is 32.2. The van der Waals surface area contributed by atoms with Crippen molar-refractivity contribution in [3.63, 3.8) is 0 Å².